The Morgan fingerprint density at radius 3 is 2.25 bits per heavy atom. The first-order valence-corrected chi connectivity index (χ1v) is 4.56. The van der Waals surface area contributed by atoms with Gasteiger partial charge in [-0.1, -0.05) is 0 Å². The molecule has 0 spiro atoms. The fraction of sp³-hybridized carbons (Fsp3) is 0.333. The van der Waals surface area contributed by atoms with E-state index >= 15 is 0 Å². The van der Waals surface area contributed by atoms with Gasteiger partial charge in [0.1, 0.15) is 0 Å². The van der Waals surface area contributed by atoms with Crippen molar-refractivity contribution < 1.29 is 12.6 Å². The molecule has 0 unspecified atom stereocenters. The van der Waals surface area contributed by atoms with Crippen molar-refractivity contribution >= 4 is 39.9 Å². The summed E-state index contributed by atoms with van der Waals surface area (Å²) >= 11 is 0. The second-order valence-electron chi connectivity index (χ2n) is 1.88. The van der Waals surface area contributed by atoms with Crippen molar-refractivity contribution in [1.82, 2.24) is 3.97 Å². The van der Waals surface area contributed by atoms with Crippen molar-refractivity contribution in [2.75, 3.05) is 6.61 Å². The molecule has 0 aliphatic rings. The zero-order valence-electron chi connectivity index (χ0n) is 6.10. The van der Waals surface area contributed by atoms with E-state index in [0.717, 1.165) is 3.97 Å². The molecule has 64 valence electrons. The molecule has 1 aromatic rings. The van der Waals surface area contributed by atoms with Crippen molar-refractivity contribution in [3.8, 4) is 0 Å². The summed E-state index contributed by atoms with van der Waals surface area (Å²) < 4.78 is 27.6. The van der Waals surface area contributed by atoms with Gasteiger partial charge < -0.3 is 0 Å². The molecule has 1 rings (SSSR count). The molecule has 0 atom stereocenters. The predicted octanol–water partition coefficient (Wildman–Crippen LogP) is -0.0310. The average Bonchev–Trinajstić information content (AvgIpc) is 2.37. The molecule has 0 amide bonds. The Hall–Kier alpha value is 0.190. The van der Waals surface area contributed by atoms with Gasteiger partial charge in [0.25, 0.3) is 0 Å². The summed E-state index contributed by atoms with van der Waals surface area (Å²) in [6.07, 6.45) is 2.84. The van der Waals surface area contributed by atoms with Crippen LogP contribution in [0.15, 0.2) is 24.5 Å². The first kappa shape index (κ1) is 12.2. The van der Waals surface area contributed by atoms with Crippen LogP contribution in [0.2, 0.25) is 0 Å². The molecule has 0 fully saturated rings. The Bertz CT molecular complexity index is 306. The van der Waals surface area contributed by atoms with Crippen LogP contribution >= 0.6 is 0 Å². The molecular formula is C6H10NNaO3S. The molecule has 4 nitrogen and oxygen atoms in total. The molecule has 0 aliphatic heterocycles. The van der Waals surface area contributed by atoms with Gasteiger partial charge >= 0.3 is 39.9 Å². The van der Waals surface area contributed by atoms with Gasteiger partial charge in [-0.25, -0.2) is 3.97 Å². The minimum atomic E-state index is -3.55. The SMILES string of the molecule is CCOS(=O)(=O)n1cccc1.[NaH]. The quantitative estimate of drug-likeness (QED) is 0.642. The van der Waals surface area contributed by atoms with Crippen LogP contribution in [0.1, 0.15) is 6.92 Å². The van der Waals surface area contributed by atoms with E-state index in [1.807, 2.05) is 0 Å². The van der Waals surface area contributed by atoms with Crippen LogP contribution < -0.4 is 0 Å². The molecule has 0 saturated carbocycles. The first-order chi connectivity index (χ1) is 5.17. The van der Waals surface area contributed by atoms with Crippen molar-refractivity contribution in [2.45, 2.75) is 6.92 Å². The van der Waals surface area contributed by atoms with Gasteiger partial charge in [-0.2, -0.15) is 8.42 Å². The van der Waals surface area contributed by atoms with Crippen LogP contribution in [-0.2, 0) is 14.5 Å². The van der Waals surface area contributed by atoms with E-state index in [1.165, 1.54) is 12.4 Å². The van der Waals surface area contributed by atoms with Crippen LogP contribution in [0.4, 0.5) is 0 Å². The Labute approximate surface area is 94.1 Å². The zero-order chi connectivity index (χ0) is 8.32. The van der Waals surface area contributed by atoms with E-state index in [0.29, 0.717) is 0 Å². The molecule has 6 heteroatoms. The minimum absolute atomic E-state index is 0. The van der Waals surface area contributed by atoms with Crippen molar-refractivity contribution in [2.24, 2.45) is 0 Å². The maximum absolute atomic E-state index is 11.0. The van der Waals surface area contributed by atoms with Gasteiger partial charge in [0.05, 0.1) is 6.61 Å². The van der Waals surface area contributed by atoms with Gasteiger partial charge in [-0.15, -0.1) is 0 Å². The van der Waals surface area contributed by atoms with Crippen LogP contribution in [0, 0.1) is 0 Å². The Morgan fingerprint density at radius 1 is 1.33 bits per heavy atom. The predicted molar refractivity (Wildman–Crippen MR) is 47.5 cm³/mol. The summed E-state index contributed by atoms with van der Waals surface area (Å²) in [4.78, 5) is 0. The molecule has 0 bridgehead atoms. The van der Waals surface area contributed by atoms with Crippen LogP contribution in [0.25, 0.3) is 0 Å². The van der Waals surface area contributed by atoms with E-state index in [2.05, 4.69) is 4.18 Å². The molecule has 0 N–H and O–H groups in total. The van der Waals surface area contributed by atoms with E-state index in [-0.39, 0.29) is 36.2 Å². The molecule has 0 saturated heterocycles. The van der Waals surface area contributed by atoms with Crippen molar-refractivity contribution in [1.29, 1.82) is 0 Å². The number of hydrogen-bond acceptors (Lipinski definition) is 3. The number of rotatable bonds is 3. The van der Waals surface area contributed by atoms with E-state index in [9.17, 15) is 8.42 Å². The van der Waals surface area contributed by atoms with Gasteiger partial charge in [0, 0.05) is 12.4 Å². The van der Waals surface area contributed by atoms with Gasteiger partial charge in [0.2, 0.25) is 0 Å². The Morgan fingerprint density at radius 2 is 1.83 bits per heavy atom. The van der Waals surface area contributed by atoms with E-state index in [4.69, 9.17) is 0 Å². The Balaban J connectivity index is 0.00000121. The van der Waals surface area contributed by atoms with Crippen molar-refractivity contribution in [3.05, 3.63) is 24.5 Å². The second kappa shape index (κ2) is 5.04. The van der Waals surface area contributed by atoms with Crippen molar-refractivity contribution in [3.63, 3.8) is 0 Å². The summed E-state index contributed by atoms with van der Waals surface area (Å²) in [7, 11) is -3.55. The number of nitrogens with zero attached hydrogens (tertiary/aromatic N) is 1. The fourth-order valence-electron chi connectivity index (χ4n) is 0.678. The van der Waals surface area contributed by atoms with Crippen LogP contribution in [0.3, 0.4) is 0 Å². The molecule has 0 aromatic carbocycles. The third-order valence-electron chi connectivity index (χ3n) is 1.10. The normalized spacial score (nSPS) is 10.8. The first-order valence-electron chi connectivity index (χ1n) is 3.19. The summed E-state index contributed by atoms with van der Waals surface area (Å²) in [5.41, 5.74) is 0. The van der Waals surface area contributed by atoms with E-state index in [1.54, 1.807) is 19.1 Å². The fourth-order valence-corrected chi connectivity index (χ4v) is 1.54. The molecule has 1 heterocycles. The van der Waals surface area contributed by atoms with Gasteiger partial charge in [-0.05, 0) is 19.1 Å². The molecule has 0 radical (unpaired) electrons. The Kier molecular flexibility index (Phi) is 5.12. The topological polar surface area (TPSA) is 48.3 Å². The molecule has 0 aliphatic carbocycles. The molecule has 12 heavy (non-hydrogen) atoms. The average molecular weight is 199 g/mol. The van der Waals surface area contributed by atoms with Gasteiger partial charge in [-0.3, -0.25) is 4.18 Å². The summed E-state index contributed by atoms with van der Waals surface area (Å²) in [6, 6.07) is 3.24. The summed E-state index contributed by atoms with van der Waals surface area (Å²) in [6.45, 7) is 1.78. The summed E-state index contributed by atoms with van der Waals surface area (Å²) in [5, 5.41) is 0. The number of aromatic nitrogens is 1. The summed E-state index contributed by atoms with van der Waals surface area (Å²) in [5.74, 6) is 0. The molecule has 1 aromatic heterocycles. The third-order valence-corrected chi connectivity index (χ3v) is 2.40. The van der Waals surface area contributed by atoms with E-state index < -0.39 is 10.3 Å². The standard InChI is InChI=1S/C6H9NO3S.Na.H/c1-2-10-11(8,9)7-5-3-4-6-7;;/h3-6H,2H2,1H3;;. The number of hydrogen-bond donors (Lipinski definition) is 0. The monoisotopic (exact) mass is 199 g/mol. The van der Waals surface area contributed by atoms with Gasteiger partial charge in [0.15, 0.2) is 0 Å². The molecular weight excluding hydrogens is 189 g/mol. The zero-order valence-corrected chi connectivity index (χ0v) is 6.91. The van der Waals surface area contributed by atoms with Crippen LogP contribution in [0.5, 0.6) is 0 Å². The second-order valence-corrected chi connectivity index (χ2v) is 3.39. The third kappa shape index (κ3) is 2.91. The maximum atomic E-state index is 11.0. The van der Waals surface area contributed by atoms with Crippen LogP contribution in [-0.4, -0.2) is 48.6 Å².